The summed E-state index contributed by atoms with van der Waals surface area (Å²) >= 11 is 0. The number of rotatable bonds is 2. The first-order valence-electron chi connectivity index (χ1n) is 6.43. The van der Waals surface area contributed by atoms with Crippen LogP contribution in [0.4, 0.5) is 0 Å². The van der Waals surface area contributed by atoms with Gasteiger partial charge in [0.2, 0.25) is 5.69 Å². The van der Waals surface area contributed by atoms with Crippen LogP contribution < -0.4 is 10.4 Å². The summed E-state index contributed by atoms with van der Waals surface area (Å²) in [5.41, 5.74) is 4.04. The Morgan fingerprint density at radius 3 is 2.05 bits per heavy atom. The van der Waals surface area contributed by atoms with Crippen molar-refractivity contribution in [1.82, 2.24) is 5.10 Å². The van der Waals surface area contributed by atoms with Crippen molar-refractivity contribution in [3.8, 4) is 17.1 Å². The third-order valence-corrected chi connectivity index (χ3v) is 3.19. The van der Waals surface area contributed by atoms with Gasteiger partial charge in [0.15, 0.2) is 0 Å². The Bertz CT molecular complexity index is 715. The molecular formula is C16H15N2O2+. The highest BCUT2D eigenvalue weighted by Gasteiger charge is 2.23. The molecule has 1 N–H and O–H groups in total. The molecule has 0 saturated heterocycles. The molecule has 4 nitrogen and oxygen atoms in total. The van der Waals surface area contributed by atoms with E-state index in [1.165, 1.54) is 0 Å². The third-order valence-electron chi connectivity index (χ3n) is 3.19. The van der Waals surface area contributed by atoms with Crippen molar-refractivity contribution < 1.29 is 9.10 Å². The summed E-state index contributed by atoms with van der Waals surface area (Å²) in [6.45, 7) is 4.04. The number of nitrogens with zero attached hydrogens (tertiary/aromatic N) is 1. The van der Waals surface area contributed by atoms with Gasteiger partial charge in [0.25, 0.3) is 0 Å². The number of aromatic nitrogens is 2. The van der Waals surface area contributed by atoms with Gasteiger partial charge in [-0.3, -0.25) is 0 Å². The van der Waals surface area contributed by atoms with Gasteiger partial charge in [-0.05, 0) is 30.7 Å². The predicted octanol–water partition coefficient (Wildman–Crippen LogP) is 2.53. The number of nitrogens with one attached hydrogen (secondary N) is 1. The molecule has 1 aromatic heterocycles. The number of H-pyrrole nitrogens is 1. The van der Waals surface area contributed by atoms with Crippen molar-refractivity contribution in [3.63, 3.8) is 0 Å². The summed E-state index contributed by atoms with van der Waals surface area (Å²) in [6.07, 6.45) is 0. The van der Waals surface area contributed by atoms with E-state index in [1.54, 1.807) is 4.68 Å². The molecule has 3 aromatic rings. The van der Waals surface area contributed by atoms with Crippen LogP contribution in [0.2, 0.25) is 0 Å². The van der Waals surface area contributed by atoms with E-state index < -0.39 is 5.76 Å². The largest absolute Gasteiger partial charge is 0.471 e. The first kappa shape index (κ1) is 12.4. The molecule has 0 atom stereocenters. The van der Waals surface area contributed by atoms with Crippen LogP contribution in [0.25, 0.3) is 17.1 Å². The Kier molecular flexibility index (Phi) is 2.99. The van der Waals surface area contributed by atoms with Gasteiger partial charge in [-0.2, -0.15) is 0 Å². The summed E-state index contributed by atoms with van der Waals surface area (Å²) < 4.78 is 6.94. The number of hydrogen-bond donors (Lipinski definition) is 1. The summed E-state index contributed by atoms with van der Waals surface area (Å²) in [5.74, 6) is 0.0278. The SMILES string of the molecule is Cc1ccc(-c2oc(=O)[nH][n+]2-c2ccc(C)cc2)cc1. The second-order valence-corrected chi connectivity index (χ2v) is 4.84. The van der Waals surface area contributed by atoms with Crippen molar-refractivity contribution in [2.45, 2.75) is 13.8 Å². The van der Waals surface area contributed by atoms with Gasteiger partial charge >= 0.3 is 11.6 Å². The Hall–Kier alpha value is -2.62. The highest BCUT2D eigenvalue weighted by molar-refractivity contribution is 5.51. The quantitative estimate of drug-likeness (QED) is 0.725. The minimum Gasteiger partial charge on any atom is -0.348 e. The van der Waals surface area contributed by atoms with Crippen molar-refractivity contribution in [2.24, 2.45) is 0 Å². The van der Waals surface area contributed by atoms with E-state index in [2.05, 4.69) is 5.10 Å². The van der Waals surface area contributed by atoms with Gasteiger partial charge in [0, 0.05) is 12.1 Å². The fourth-order valence-electron chi connectivity index (χ4n) is 2.06. The van der Waals surface area contributed by atoms with Gasteiger partial charge < -0.3 is 4.42 Å². The van der Waals surface area contributed by atoms with Gasteiger partial charge in [0.05, 0.1) is 5.56 Å². The minimum atomic E-state index is -0.471. The average molecular weight is 267 g/mol. The van der Waals surface area contributed by atoms with Gasteiger partial charge in [-0.15, -0.1) is 0 Å². The lowest BCUT2D eigenvalue weighted by Crippen LogP contribution is -2.36. The topological polar surface area (TPSA) is 49.9 Å². The molecule has 2 aromatic carbocycles. The van der Waals surface area contributed by atoms with Crippen LogP contribution in [-0.2, 0) is 0 Å². The molecule has 0 aliphatic rings. The Morgan fingerprint density at radius 2 is 1.45 bits per heavy atom. The Balaban J connectivity index is 2.15. The van der Waals surface area contributed by atoms with Crippen LogP contribution >= 0.6 is 0 Å². The standard InChI is InChI=1S/C16H14N2O2/c1-11-3-7-13(8-4-11)15-18(17-16(19)20-15)14-9-5-12(2)6-10-14/h3-10H,1-2H3/p+1. The molecule has 0 radical (unpaired) electrons. The first-order chi connectivity index (χ1) is 9.63. The lowest BCUT2D eigenvalue weighted by Gasteiger charge is -1.96. The molecular weight excluding hydrogens is 252 g/mol. The molecule has 0 amide bonds. The highest BCUT2D eigenvalue weighted by atomic mass is 16.4. The molecule has 0 unspecified atom stereocenters. The van der Waals surface area contributed by atoms with E-state index in [0.29, 0.717) is 5.89 Å². The third kappa shape index (κ3) is 2.28. The molecule has 1 heterocycles. The predicted molar refractivity (Wildman–Crippen MR) is 75.8 cm³/mol. The number of benzene rings is 2. The zero-order valence-electron chi connectivity index (χ0n) is 11.4. The summed E-state index contributed by atoms with van der Waals surface area (Å²) in [4.78, 5) is 11.5. The summed E-state index contributed by atoms with van der Waals surface area (Å²) in [7, 11) is 0. The van der Waals surface area contributed by atoms with E-state index in [1.807, 2.05) is 62.4 Å². The van der Waals surface area contributed by atoms with Crippen molar-refractivity contribution in [2.75, 3.05) is 0 Å². The Morgan fingerprint density at radius 1 is 0.900 bits per heavy atom. The fourth-order valence-corrected chi connectivity index (χ4v) is 2.06. The molecule has 0 aliphatic carbocycles. The van der Waals surface area contributed by atoms with E-state index in [9.17, 15) is 4.79 Å². The zero-order valence-corrected chi connectivity index (χ0v) is 11.4. The second-order valence-electron chi connectivity index (χ2n) is 4.84. The molecule has 0 saturated carbocycles. The highest BCUT2D eigenvalue weighted by Crippen LogP contribution is 2.16. The van der Waals surface area contributed by atoms with Gasteiger partial charge in [-0.25, -0.2) is 4.79 Å². The average Bonchev–Trinajstić information content (AvgIpc) is 2.82. The van der Waals surface area contributed by atoms with Crippen LogP contribution in [-0.4, -0.2) is 5.10 Å². The van der Waals surface area contributed by atoms with E-state index in [4.69, 9.17) is 4.42 Å². The number of hydrogen-bond acceptors (Lipinski definition) is 2. The van der Waals surface area contributed by atoms with Gasteiger partial charge in [0.1, 0.15) is 0 Å². The number of aromatic amines is 1. The first-order valence-corrected chi connectivity index (χ1v) is 6.43. The second kappa shape index (κ2) is 4.81. The summed E-state index contributed by atoms with van der Waals surface area (Å²) in [6, 6.07) is 15.7. The van der Waals surface area contributed by atoms with Crippen molar-refractivity contribution in [1.29, 1.82) is 0 Å². The smallest absolute Gasteiger partial charge is 0.348 e. The minimum absolute atomic E-state index is 0.471. The van der Waals surface area contributed by atoms with Crippen molar-refractivity contribution >= 4 is 0 Å². The normalized spacial score (nSPS) is 10.7. The van der Waals surface area contributed by atoms with Crippen LogP contribution in [0.15, 0.2) is 57.7 Å². The molecule has 0 spiro atoms. The van der Waals surface area contributed by atoms with Crippen molar-refractivity contribution in [3.05, 3.63) is 70.2 Å². The summed E-state index contributed by atoms with van der Waals surface area (Å²) in [5, 5.41) is 2.69. The lowest BCUT2D eigenvalue weighted by atomic mass is 10.1. The van der Waals surface area contributed by atoms with Crippen LogP contribution in [0.3, 0.4) is 0 Å². The van der Waals surface area contributed by atoms with E-state index in [0.717, 1.165) is 22.4 Å². The maximum Gasteiger partial charge on any atom is 0.471 e. The maximum absolute atomic E-state index is 11.5. The van der Waals surface area contributed by atoms with Gasteiger partial charge in [-0.1, -0.05) is 40.5 Å². The Labute approximate surface area is 116 Å². The molecule has 0 fully saturated rings. The lowest BCUT2D eigenvalue weighted by molar-refractivity contribution is -0.649. The molecule has 0 bridgehead atoms. The molecule has 3 rings (SSSR count). The molecule has 20 heavy (non-hydrogen) atoms. The van der Waals surface area contributed by atoms with E-state index >= 15 is 0 Å². The number of aryl methyl sites for hydroxylation is 2. The fraction of sp³-hybridized carbons (Fsp3) is 0.125. The van der Waals surface area contributed by atoms with Crippen LogP contribution in [0.5, 0.6) is 0 Å². The molecule has 100 valence electrons. The maximum atomic E-state index is 11.5. The van der Waals surface area contributed by atoms with Crippen LogP contribution in [0.1, 0.15) is 11.1 Å². The monoisotopic (exact) mass is 267 g/mol. The molecule has 0 aliphatic heterocycles. The van der Waals surface area contributed by atoms with E-state index in [-0.39, 0.29) is 0 Å². The zero-order chi connectivity index (χ0) is 14.1. The van der Waals surface area contributed by atoms with Crippen LogP contribution in [0, 0.1) is 13.8 Å². The molecule has 4 heteroatoms.